The number of aromatic nitrogens is 3. The minimum atomic E-state index is 0.380. The molecule has 3 nitrogen and oxygen atoms in total. The van der Waals surface area contributed by atoms with Gasteiger partial charge >= 0.3 is 0 Å². The molecule has 0 aromatic carbocycles. The topological polar surface area (TPSA) is 41.6 Å². The highest BCUT2D eigenvalue weighted by atomic mass is 15.3. The van der Waals surface area contributed by atoms with Gasteiger partial charge in [-0.3, -0.25) is 0 Å². The summed E-state index contributed by atoms with van der Waals surface area (Å²) in [6, 6.07) is 0. The van der Waals surface area contributed by atoms with Crippen LogP contribution in [-0.2, 0) is 6.42 Å². The molecule has 3 aliphatic rings. The number of allylic oxidation sites excluding steroid dienone is 1. The van der Waals surface area contributed by atoms with Crippen molar-refractivity contribution in [1.82, 2.24) is 15.4 Å². The Morgan fingerprint density at radius 2 is 1.48 bits per heavy atom. The molecule has 0 aliphatic heterocycles. The summed E-state index contributed by atoms with van der Waals surface area (Å²) in [6.07, 6.45) is 20.3. The predicted octanol–water partition coefficient (Wildman–Crippen LogP) is 4.52. The molecule has 0 bridgehead atoms. The molecule has 1 heterocycles. The van der Waals surface area contributed by atoms with Crippen molar-refractivity contribution >= 4 is 6.08 Å². The maximum Gasteiger partial charge on any atom is 0.108 e. The molecule has 3 aliphatic carbocycles. The van der Waals surface area contributed by atoms with Crippen molar-refractivity contribution in [2.45, 2.75) is 70.6 Å². The summed E-state index contributed by atoms with van der Waals surface area (Å²) in [5.74, 6) is 1.74. The third kappa shape index (κ3) is 2.35. The normalized spacial score (nSPS) is 26.7. The Hall–Kier alpha value is -1.12. The van der Waals surface area contributed by atoms with Crippen molar-refractivity contribution in [3.05, 3.63) is 17.5 Å². The summed E-state index contributed by atoms with van der Waals surface area (Å²) >= 11 is 0. The first-order valence-electron chi connectivity index (χ1n) is 8.97. The number of aromatic amines is 1. The highest BCUT2D eigenvalue weighted by Crippen LogP contribution is 2.53. The maximum atomic E-state index is 4.45. The summed E-state index contributed by atoms with van der Waals surface area (Å²) < 4.78 is 0. The van der Waals surface area contributed by atoms with E-state index in [2.05, 4.69) is 27.6 Å². The van der Waals surface area contributed by atoms with Crippen LogP contribution in [0.2, 0.25) is 0 Å². The second-order valence-electron chi connectivity index (χ2n) is 7.45. The van der Waals surface area contributed by atoms with Gasteiger partial charge in [-0.15, -0.1) is 0 Å². The Labute approximate surface area is 127 Å². The minimum Gasteiger partial charge on any atom is -0.197 e. The molecule has 0 spiro atoms. The van der Waals surface area contributed by atoms with E-state index in [0.29, 0.717) is 5.41 Å². The van der Waals surface area contributed by atoms with Crippen LogP contribution in [0.3, 0.4) is 0 Å². The fourth-order valence-electron chi connectivity index (χ4n) is 5.28. The fraction of sp³-hybridized carbons (Fsp3) is 0.778. The number of rotatable bonds is 2. The summed E-state index contributed by atoms with van der Waals surface area (Å²) in [5, 5.41) is 11.6. The second-order valence-corrected chi connectivity index (χ2v) is 7.45. The first-order chi connectivity index (χ1) is 10.4. The minimum absolute atomic E-state index is 0.380. The highest BCUT2D eigenvalue weighted by molar-refractivity contribution is 5.52. The van der Waals surface area contributed by atoms with Gasteiger partial charge in [0.05, 0.1) is 5.69 Å². The lowest BCUT2D eigenvalue weighted by Crippen LogP contribution is -2.42. The van der Waals surface area contributed by atoms with Crippen molar-refractivity contribution in [1.29, 1.82) is 0 Å². The monoisotopic (exact) mass is 285 g/mol. The molecule has 21 heavy (non-hydrogen) atoms. The standard InChI is InChI=1S/C18H27N3/c1-3-7-14(8-4-1)18(15-9-5-2-6-10-15)12-11-16-17(13-18)20-21-19-16/h11-12,14-15H,1-10,13H2,(H,19,20,21). The van der Waals surface area contributed by atoms with Crippen LogP contribution in [0.15, 0.2) is 6.08 Å². The Bertz CT molecular complexity index is 486. The fourth-order valence-corrected chi connectivity index (χ4v) is 5.28. The Balaban J connectivity index is 1.68. The molecule has 3 heteroatoms. The second kappa shape index (κ2) is 5.58. The molecule has 1 aromatic rings. The lowest BCUT2D eigenvalue weighted by molar-refractivity contribution is 0.0675. The van der Waals surface area contributed by atoms with Crippen molar-refractivity contribution in [3.63, 3.8) is 0 Å². The highest BCUT2D eigenvalue weighted by Gasteiger charge is 2.45. The molecular weight excluding hydrogens is 258 g/mol. The van der Waals surface area contributed by atoms with E-state index in [9.17, 15) is 0 Å². The molecule has 114 valence electrons. The molecule has 1 aromatic heterocycles. The zero-order valence-electron chi connectivity index (χ0n) is 13.0. The zero-order chi connectivity index (χ0) is 14.1. The average Bonchev–Trinajstić information content (AvgIpc) is 3.03. The van der Waals surface area contributed by atoms with Gasteiger partial charge in [0.15, 0.2) is 0 Å². The van der Waals surface area contributed by atoms with Gasteiger partial charge in [-0.2, -0.15) is 15.4 Å². The number of fused-ring (bicyclic) bond motifs is 1. The quantitative estimate of drug-likeness (QED) is 0.868. The predicted molar refractivity (Wildman–Crippen MR) is 84.7 cm³/mol. The van der Waals surface area contributed by atoms with E-state index in [1.54, 1.807) is 0 Å². The molecule has 0 saturated heterocycles. The van der Waals surface area contributed by atoms with E-state index in [-0.39, 0.29) is 0 Å². The number of H-pyrrole nitrogens is 1. The number of nitrogens with zero attached hydrogens (tertiary/aromatic N) is 2. The van der Waals surface area contributed by atoms with E-state index in [4.69, 9.17) is 0 Å². The van der Waals surface area contributed by atoms with Gasteiger partial charge in [-0.25, -0.2) is 0 Å². The van der Waals surface area contributed by atoms with Crippen molar-refractivity contribution in [2.75, 3.05) is 0 Å². The average molecular weight is 285 g/mol. The van der Waals surface area contributed by atoms with Crippen LogP contribution < -0.4 is 0 Å². The van der Waals surface area contributed by atoms with Crippen LogP contribution in [0.25, 0.3) is 6.08 Å². The summed E-state index contributed by atoms with van der Waals surface area (Å²) in [6.45, 7) is 0. The van der Waals surface area contributed by atoms with Crippen LogP contribution in [0.1, 0.15) is 75.6 Å². The summed E-state index contributed by atoms with van der Waals surface area (Å²) in [7, 11) is 0. The van der Waals surface area contributed by atoms with Crippen LogP contribution >= 0.6 is 0 Å². The van der Waals surface area contributed by atoms with Gasteiger partial charge in [0.2, 0.25) is 0 Å². The third-order valence-electron chi connectivity index (χ3n) is 6.41. The van der Waals surface area contributed by atoms with Gasteiger partial charge in [-0.05, 0) is 49.0 Å². The first kappa shape index (κ1) is 13.5. The molecule has 0 amide bonds. The lowest BCUT2D eigenvalue weighted by atomic mass is 9.56. The summed E-state index contributed by atoms with van der Waals surface area (Å²) in [4.78, 5) is 0. The number of hydrogen-bond donors (Lipinski definition) is 1. The Kier molecular flexibility index (Phi) is 3.60. The number of hydrogen-bond acceptors (Lipinski definition) is 2. The molecule has 0 atom stereocenters. The molecule has 4 rings (SSSR count). The van der Waals surface area contributed by atoms with E-state index in [0.717, 1.165) is 24.0 Å². The van der Waals surface area contributed by atoms with Crippen LogP contribution in [0, 0.1) is 17.3 Å². The Morgan fingerprint density at radius 3 is 2.10 bits per heavy atom. The molecule has 0 radical (unpaired) electrons. The van der Waals surface area contributed by atoms with Crippen LogP contribution in [0.4, 0.5) is 0 Å². The van der Waals surface area contributed by atoms with E-state index in [1.807, 2.05) is 0 Å². The number of nitrogens with one attached hydrogen (secondary N) is 1. The van der Waals surface area contributed by atoms with E-state index >= 15 is 0 Å². The largest absolute Gasteiger partial charge is 0.197 e. The molecule has 1 N–H and O–H groups in total. The molecule has 2 fully saturated rings. The molecule has 2 saturated carbocycles. The van der Waals surface area contributed by atoms with Crippen molar-refractivity contribution < 1.29 is 0 Å². The van der Waals surface area contributed by atoms with Crippen molar-refractivity contribution in [3.8, 4) is 0 Å². The summed E-state index contributed by atoms with van der Waals surface area (Å²) in [5.41, 5.74) is 2.68. The van der Waals surface area contributed by atoms with E-state index < -0.39 is 0 Å². The van der Waals surface area contributed by atoms with Gasteiger partial charge < -0.3 is 0 Å². The van der Waals surface area contributed by atoms with E-state index in [1.165, 1.54) is 69.9 Å². The third-order valence-corrected chi connectivity index (χ3v) is 6.41. The Morgan fingerprint density at radius 1 is 0.857 bits per heavy atom. The lowest BCUT2D eigenvalue weighted by Gasteiger charge is -2.48. The zero-order valence-corrected chi connectivity index (χ0v) is 13.0. The van der Waals surface area contributed by atoms with Gasteiger partial charge in [0.1, 0.15) is 5.69 Å². The van der Waals surface area contributed by atoms with Gasteiger partial charge in [0.25, 0.3) is 0 Å². The van der Waals surface area contributed by atoms with Gasteiger partial charge in [-0.1, -0.05) is 44.6 Å². The maximum absolute atomic E-state index is 4.45. The van der Waals surface area contributed by atoms with Crippen LogP contribution in [-0.4, -0.2) is 15.4 Å². The smallest absolute Gasteiger partial charge is 0.108 e. The molecular formula is C18H27N3. The van der Waals surface area contributed by atoms with Crippen LogP contribution in [0.5, 0.6) is 0 Å². The van der Waals surface area contributed by atoms with Gasteiger partial charge in [0, 0.05) is 6.42 Å². The first-order valence-corrected chi connectivity index (χ1v) is 8.97. The molecule has 0 unspecified atom stereocenters. The SMILES string of the molecule is C1=CC(C2CCCCC2)(C2CCCCC2)Cc2n[nH]nc21. The van der Waals surface area contributed by atoms with Crippen molar-refractivity contribution in [2.24, 2.45) is 17.3 Å².